The van der Waals surface area contributed by atoms with Crippen molar-refractivity contribution in [2.45, 2.75) is 25.6 Å². The minimum absolute atomic E-state index is 0.0551. The van der Waals surface area contributed by atoms with Gasteiger partial charge in [0.2, 0.25) is 0 Å². The summed E-state index contributed by atoms with van der Waals surface area (Å²) in [7, 11) is 1.59. The predicted octanol–water partition coefficient (Wildman–Crippen LogP) is 5.15. The van der Waals surface area contributed by atoms with E-state index in [-0.39, 0.29) is 29.2 Å². The van der Waals surface area contributed by atoms with Crippen LogP contribution in [0.25, 0.3) is 16.6 Å². The Hall–Kier alpha value is -3.43. The second-order valence-electron chi connectivity index (χ2n) is 7.79. The number of Topliss-reactive ketones (excluding diaryl/α,β-unsaturated/α-hetero) is 1. The lowest BCUT2D eigenvalue weighted by atomic mass is 9.98. The first-order chi connectivity index (χ1) is 16.2. The van der Waals surface area contributed by atoms with Crippen molar-refractivity contribution in [3.8, 4) is 11.1 Å². The Bertz CT molecular complexity index is 1350. The fraction of sp³-hybridized carbons (Fsp3) is 0.208. The minimum Gasteiger partial charge on any atom is -0.382 e. The number of nitrogens with zero attached hydrogens (tertiary/aromatic N) is 3. The Morgan fingerprint density at radius 1 is 1.12 bits per heavy atom. The van der Waals surface area contributed by atoms with Gasteiger partial charge >= 0.3 is 6.18 Å². The maximum atomic E-state index is 13.0. The topological polar surface area (TPSA) is 82.5 Å². The number of anilines is 1. The molecule has 0 amide bonds. The lowest BCUT2D eigenvalue weighted by Gasteiger charge is -2.10. The maximum Gasteiger partial charge on any atom is 0.416 e. The molecular formula is C24H20ClF3N4O2. The molecule has 0 fully saturated rings. The molecule has 0 bridgehead atoms. The van der Waals surface area contributed by atoms with Gasteiger partial charge in [-0.1, -0.05) is 35.9 Å². The van der Waals surface area contributed by atoms with Crippen LogP contribution in [0.3, 0.4) is 0 Å². The largest absolute Gasteiger partial charge is 0.416 e. The first-order valence-electron chi connectivity index (χ1n) is 10.2. The van der Waals surface area contributed by atoms with E-state index in [4.69, 9.17) is 22.1 Å². The number of hydrogen-bond acceptors (Lipinski definition) is 5. The third-order valence-electron chi connectivity index (χ3n) is 5.39. The van der Waals surface area contributed by atoms with E-state index in [1.807, 2.05) is 18.3 Å². The average Bonchev–Trinajstić information content (AvgIpc) is 3.15. The number of fused-ring (bicyclic) bond motifs is 1. The van der Waals surface area contributed by atoms with Crippen molar-refractivity contribution in [3.63, 3.8) is 0 Å². The number of ether oxygens (including phenoxy) is 1. The Kier molecular flexibility index (Phi) is 6.58. The highest BCUT2D eigenvalue weighted by Crippen LogP contribution is 2.34. The van der Waals surface area contributed by atoms with E-state index in [0.717, 1.165) is 40.5 Å². The van der Waals surface area contributed by atoms with Crippen molar-refractivity contribution < 1.29 is 22.7 Å². The number of ketones is 1. The molecule has 4 rings (SSSR count). The number of nitrogens with two attached hydrogens (primary N) is 1. The van der Waals surface area contributed by atoms with Gasteiger partial charge in [-0.05, 0) is 34.9 Å². The van der Waals surface area contributed by atoms with Gasteiger partial charge in [0.15, 0.2) is 5.82 Å². The van der Waals surface area contributed by atoms with Crippen molar-refractivity contribution in [2.75, 3.05) is 12.8 Å². The molecule has 2 heterocycles. The normalized spacial score (nSPS) is 11.8. The fourth-order valence-electron chi connectivity index (χ4n) is 3.85. The summed E-state index contributed by atoms with van der Waals surface area (Å²) < 4.78 is 45.9. The molecule has 0 aliphatic carbocycles. The third-order valence-corrected chi connectivity index (χ3v) is 5.75. The fourth-order valence-corrected chi connectivity index (χ4v) is 4.03. The van der Waals surface area contributed by atoms with Gasteiger partial charge < -0.3 is 10.5 Å². The highest BCUT2D eigenvalue weighted by atomic mass is 35.5. The molecule has 2 aromatic heterocycles. The minimum atomic E-state index is -4.50. The molecule has 0 saturated carbocycles. The van der Waals surface area contributed by atoms with Gasteiger partial charge in [0.1, 0.15) is 17.6 Å². The van der Waals surface area contributed by atoms with Crippen LogP contribution in [0.4, 0.5) is 19.0 Å². The maximum absolute atomic E-state index is 13.0. The molecule has 0 radical (unpaired) electrons. The van der Waals surface area contributed by atoms with Crippen molar-refractivity contribution in [1.82, 2.24) is 14.6 Å². The van der Waals surface area contributed by atoms with Gasteiger partial charge in [-0.15, -0.1) is 0 Å². The second-order valence-corrected chi connectivity index (χ2v) is 8.20. The van der Waals surface area contributed by atoms with E-state index in [9.17, 15) is 18.0 Å². The van der Waals surface area contributed by atoms with E-state index < -0.39 is 11.7 Å². The van der Waals surface area contributed by atoms with Gasteiger partial charge in [-0.3, -0.25) is 4.79 Å². The summed E-state index contributed by atoms with van der Waals surface area (Å²) in [5, 5.41) is 4.33. The van der Waals surface area contributed by atoms with E-state index in [0.29, 0.717) is 17.9 Å². The zero-order chi connectivity index (χ0) is 24.5. The molecular weight excluding hydrogens is 469 g/mol. The molecule has 34 heavy (non-hydrogen) atoms. The Morgan fingerprint density at radius 2 is 1.85 bits per heavy atom. The Labute approximate surface area is 198 Å². The van der Waals surface area contributed by atoms with Crippen molar-refractivity contribution >= 4 is 28.7 Å². The molecule has 10 heteroatoms. The number of rotatable bonds is 7. The van der Waals surface area contributed by atoms with E-state index >= 15 is 0 Å². The lowest BCUT2D eigenvalue weighted by Crippen LogP contribution is -2.10. The van der Waals surface area contributed by atoms with Crippen LogP contribution in [0.15, 0.2) is 55.0 Å². The van der Waals surface area contributed by atoms with Crippen LogP contribution < -0.4 is 5.73 Å². The number of nitrogen functional groups attached to an aromatic ring is 1. The number of carbonyl (C=O) groups excluding carboxylic acids is 1. The van der Waals surface area contributed by atoms with Crippen LogP contribution in [-0.4, -0.2) is 27.5 Å². The molecule has 0 aliphatic rings. The van der Waals surface area contributed by atoms with Crippen molar-refractivity contribution in [1.29, 1.82) is 0 Å². The number of methoxy groups -OCH3 is 1. The molecule has 2 N–H and O–H groups in total. The first-order valence-corrected chi connectivity index (χ1v) is 10.6. The molecule has 0 atom stereocenters. The summed E-state index contributed by atoms with van der Waals surface area (Å²) in [5.41, 5.74) is 9.31. The quantitative estimate of drug-likeness (QED) is 0.389. The zero-order valence-electron chi connectivity index (χ0n) is 18.1. The van der Waals surface area contributed by atoms with Crippen LogP contribution >= 0.6 is 11.6 Å². The molecule has 2 aromatic carbocycles. The Morgan fingerprint density at radius 3 is 2.53 bits per heavy atom. The molecule has 4 aromatic rings. The van der Waals surface area contributed by atoms with Gasteiger partial charge in [-0.25, -0.2) is 9.50 Å². The van der Waals surface area contributed by atoms with E-state index in [2.05, 4.69) is 10.1 Å². The number of hydrogen-bond donors (Lipinski definition) is 1. The van der Waals surface area contributed by atoms with Gasteiger partial charge in [0.05, 0.1) is 12.2 Å². The lowest BCUT2D eigenvalue weighted by molar-refractivity contribution is -0.137. The number of carbonyl (C=O) groups is 1. The number of halogens is 4. The van der Waals surface area contributed by atoms with Crippen LogP contribution in [0, 0.1) is 0 Å². The standard InChI is InChI=1S/C24H20ClF3N4O2/c1-34-12-17-11-32-22(23(29)30-13-31-32)21(17)15-4-2-14(3-5-15)8-19(33)10-16-9-18(24(26,27)28)6-7-20(16)25/h2-7,9,11,13H,8,10,12H2,1H3,(H2,29,30,31). The molecule has 0 aliphatic heterocycles. The number of aromatic nitrogens is 3. The molecule has 0 unspecified atom stereocenters. The van der Waals surface area contributed by atoms with Gasteiger partial charge in [-0.2, -0.15) is 18.3 Å². The average molecular weight is 489 g/mol. The van der Waals surface area contributed by atoms with Crippen molar-refractivity contribution in [3.05, 3.63) is 82.3 Å². The van der Waals surface area contributed by atoms with E-state index in [1.54, 1.807) is 23.8 Å². The smallest absolute Gasteiger partial charge is 0.382 e. The van der Waals surface area contributed by atoms with Crippen LogP contribution in [0.2, 0.25) is 5.02 Å². The molecule has 0 saturated heterocycles. The summed E-state index contributed by atoms with van der Waals surface area (Å²) in [6.45, 7) is 0.343. The summed E-state index contributed by atoms with van der Waals surface area (Å²) in [4.78, 5) is 16.6. The zero-order valence-corrected chi connectivity index (χ0v) is 18.8. The van der Waals surface area contributed by atoms with Gasteiger partial charge in [0.25, 0.3) is 0 Å². The number of benzene rings is 2. The third kappa shape index (κ3) is 4.90. The first kappa shape index (κ1) is 23.7. The van der Waals surface area contributed by atoms with Gasteiger partial charge in [0, 0.05) is 42.3 Å². The SMILES string of the molecule is COCc1cn2ncnc(N)c2c1-c1ccc(CC(=O)Cc2cc(C(F)(F)F)ccc2Cl)cc1. The van der Waals surface area contributed by atoms with Crippen molar-refractivity contribution in [2.24, 2.45) is 0 Å². The summed E-state index contributed by atoms with van der Waals surface area (Å²) in [5.74, 6) is 0.0746. The summed E-state index contributed by atoms with van der Waals surface area (Å²) in [6, 6.07) is 10.3. The monoisotopic (exact) mass is 488 g/mol. The number of alkyl halides is 3. The molecule has 6 nitrogen and oxygen atoms in total. The highest BCUT2D eigenvalue weighted by molar-refractivity contribution is 6.31. The van der Waals surface area contributed by atoms with Crippen LogP contribution in [0.1, 0.15) is 22.3 Å². The molecule has 176 valence electrons. The van der Waals surface area contributed by atoms with Crippen LogP contribution in [0.5, 0.6) is 0 Å². The highest BCUT2D eigenvalue weighted by Gasteiger charge is 2.31. The summed E-state index contributed by atoms with van der Waals surface area (Å²) >= 11 is 6.02. The predicted molar refractivity (Wildman–Crippen MR) is 122 cm³/mol. The Balaban J connectivity index is 1.56. The molecule has 0 spiro atoms. The van der Waals surface area contributed by atoms with Crippen LogP contribution in [-0.2, 0) is 35.2 Å². The summed E-state index contributed by atoms with van der Waals surface area (Å²) in [6.07, 6.45) is -1.45. The van der Waals surface area contributed by atoms with E-state index in [1.165, 1.54) is 6.33 Å². The second kappa shape index (κ2) is 9.44.